The Kier molecular flexibility index (Phi) is 26.4. The third kappa shape index (κ3) is 30.1. The molecule has 0 radical (unpaired) electrons. The summed E-state index contributed by atoms with van der Waals surface area (Å²) in [6.07, 6.45) is 9.05. The van der Waals surface area contributed by atoms with Gasteiger partial charge >= 0.3 is 12.0 Å². The number of aryl methyl sites for hydroxylation is 1. The number of urea groups is 1. The van der Waals surface area contributed by atoms with E-state index >= 15 is 0 Å². The maximum Gasteiger partial charge on any atom is 0.314 e. The lowest BCUT2D eigenvalue weighted by Gasteiger charge is -2.19. The van der Waals surface area contributed by atoms with Crippen LogP contribution in [-0.4, -0.2) is 95.2 Å². The van der Waals surface area contributed by atoms with Gasteiger partial charge in [-0.05, 0) is 89.2 Å². The Morgan fingerprint density at radius 3 is 1.78 bits per heavy atom. The van der Waals surface area contributed by atoms with Gasteiger partial charge in [0.2, 0.25) is 11.8 Å². The molecule has 0 saturated carbocycles. The zero-order valence-corrected chi connectivity index (χ0v) is 32.2. The minimum absolute atomic E-state index is 0.000666. The van der Waals surface area contributed by atoms with Gasteiger partial charge in [0.15, 0.2) is 0 Å². The molecular formula is C39H68N4O8. The molecule has 0 atom stereocenters. The average Bonchev–Trinajstić information content (AvgIpc) is 3.06. The molecule has 4 amide bonds. The molecule has 0 aliphatic rings. The SMILES string of the molecule is CC(C)CCOCCOCCOCCNC(=O)CCCCCc1ccc(CC(=O)NCCCCCNC(=O)NCCCC(=O)OC(C)(C)C)cc1. The van der Waals surface area contributed by atoms with E-state index in [9.17, 15) is 19.2 Å². The van der Waals surface area contributed by atoms with E-state index in [0.29, 0.717) is 84.4 Å². The van der Waals surface area contributed by atoms with Crippen LogP contribution >= 0.6 is 0 Å². The third-order valence-electron chi connectivity index (χ3n) is 7.63. The fraction of sp³-hybridized carbons (Fsp3) is 0.744. The highest BCUT2D eigenvalue weighted by Gasteiger charge is 2.15. The van der Waals surface area contributed by atoms with Crippen LogP contribution in [0.15, 0.2) is 24.3 Å². The van der Waals surface area contributed by atoms with Crippen molar-refractivity contribution in [3.05, 3.63) is 35.4 Å². The summed E-state index contributed by atoms with van der Waals surface area (Å²) in [4.78, 5) is 48.0. The van der Waals surface area contributed by atoms with Gasteiger partial charge in [-0.25, -0.2) is 4.79 Å². The Bertz CT molecular complexity index is 1080. The molecule has 1 rings (SSSR count). The summed E-state index contributed by atoms with van der Waals surface area (Å²) in [7, 11) is 0. The van der Waals surface area contributed by atoms with Gasteiger partial charge in [-0.3, -0.25) is 14.4 Å². The Hall–Kier alpha value is -3.22. The highest BCUT2D eigenvalue weighted by atomic mass is 16.6. The Morgan fingerprint density at radius 2 is 1.14 bits per heavy atom. The molecule has 0 spiro atoms. The Labute approximate surface area is 307 Å². The number of rotatable bonds is 30. The van der Waals surface area contributed by atoms with Crippen LogP contribution in [0.3, 0.4) is 0 Å². The largest absolute Gasteiger partial charge is 0.460 e. The maximum absolute atomic E-state index is 12.3. The lowest BCUT2D eigenvalue weighted by molar-refractivity contribution is -0.154. The van der Waals surface area contributed by atoms with Gasteiger partial charge in [0.25, 0.3) is 0 Å². The quantitative estimate of drug-likeness (QED) is 0.0621. The van der Waals surface area contributed by atoms with E-state index in [2.05, 4.69) is 47.2 Å². The van der Waals surface area contributed by atoms with Crippen molar-refractivity contribution in [2.24, 2.45) is 5.92 Å². The van der Waals surface area contributed by atoms with Gasteiger partial charge in [0, 0.05) is 45.6 Å². The van der Waals surface area contributed by atoms with Crippen LogP contribution < -0.4 is 21.3 Å². The first kappa shape index (κ1) is 45.8. The molecule has 0 aliphatic carbocycles. The van der Waals surface area contributed by atoms with Gasteiger partial charge in [-0.15, -0.1) is 0 Å². The monoisotopic (exact) mass is 721 g/mol. The first-order valence-electron chi connectivity index (χ1n) is 19.0. The lowest BCUT2D eigenvalue weighted by Crippen LogP contribution is -2.36. The number of carbonyl (C=O) groups is 4. The van der Waals surface area contributed by atoms with Crippen LogP contribution in [-0.2, 0) is 46.2 Å². The highest BCUT2D eigenvalue weighted by Crippen LogP contribution is 2.11. The van der Waals surface area contributed by atoms with Crippen molar-refractivity contribution in [1.82, 2.24) is 21.3 Å². The molecule has 0 fully saturated rings. The fourth-order valence-corrected chi connectivity index (χ4v) is 4.82. The van der Waals surface area contributed by atoms with Crippen molar-refractivity contribution >= 4 is 23.8 Å². The summed E-state index contributed by atoms with van der Waals surface area (Å²) < 4.78 is 21.7. The minimum Gasteiger partial charge on any atom is -0.460 e. The number of hydrogen-bond donors (Lipinski definition) is 4. The van der Waals surface area contributed by atoms with Crippen LogP contribution in [0.4, 0.5) is 4.79 Å². The standard InChI is InChI=1S/C39H68N4O8/c1-32(2)20-25-48-27-29-50-30-28-49-26-24-41-35(44)14-9-6-8-13-33-16-18-34(19-17-33)31-36(45)40-21-10-7-11-22-42-38(47)43-23-12-15-37(46)51-39(3,4)5/h16-19,32H,6-15,20-31H2,1-5H3,(H,40,45)(H,41,44)(H2,42,43,47). The molecule has 4 N–H and O–H groups in total. The van der Waals surface area contributed by atoms with E-state index in [0.717, 1.165) is 63.5 Å². The van der Waals surface area contributed by atoms with Crippen LogP contribution in [0, 0.1) is 5.92 Å². The van der Waals surface area contributed by atoms with Gasteiger partial charge in [0.05, 0.1) is 39.5 Å². The maximum atomic E-state index is 12.3. The number of hydrogen-bond acceptors (Lipinski definition) is 8. The minimum atomic E-state index is -0.499. The number of ether oxygens (including phenoxy) is 4. The molecule has 12 nitrogen and oxygen atoms in total. The molecule has 1 aromatic carbocycles. The molecule has 292 valence electrons. The number of nitrogens with one attached hydrogen (secondary N) is 4. The van der Waals surface area contributed by atoms with Crippen molar-refractivity contribution in [2.45, 2.75) is 117 Å². The number of unbranched alkanes of at least 4 members (excludes halogenated alkanes) is 4. The predicted octanol–water partition coefficient (Wildman–Crippen LogP) is 5.25. The van der Waals surface area contributed by atoms with Crippen LogP contribution in [0.5, 0.6) is 0 Å². The van der Waals surface area contributed by atoms with Crippen molar-refractivity contribution in [3.63, 3.8) is 0 Å². The lowest BCUT2D eigenvalue weighted by atomic mass is 10.0. The molecule has 0 aliphatic heterocycles. The summed E-state index contributed by atoms with van der Waals surface area (Å²) in [5.41, 5.74) is 1.71. The second-order valence-corrected chi connectivity index (χ2v) is 14.2. The smallest absolute Gasteiger partial charge is 0.314 e. The molecule has 12 heteroatoms. The van der Waals surface area contributed by atoms with Crippen LogP contribution in [0.1, 0.15) is 110 Å². The zero-order chi connectivity index (χ0) is 37.6. The number of esters is 1. The predicted molar refractivity (Wildman–Crippen MR) is 201 cm³/mol. The second-order valence-electron chi connectivity index (χ2n) is 14.2. The van der Waals surface area contributed by atoms with Gasteiger partial charge in [0.1, 0.15) is 5.60 Å². The summed E-state index contributed by atoms with van der Waals surface area (Å²) in [6.45, 7) is 15.3. The van der Waals surface area contributed by atoms with E-state index in [4.69, 9.17) is 18.9 Å². The van der Waals surface area contributed by atoms with Gasteiger partial charge < -0.3 is 40.2 Å². The molecular weight excluding hydrogens is 652 g/mol. The first-order chi connectivity index (χ1) is 24.4. The third-order valence-corrected chi connectivity index (χ3v) is 7.63. The molecule has 1 aromatic rings. The van der Waals surface area contributed by atoms with Gasteiger partial charge in [-0.1, -0.05) is 44.5 Å². The Morgan fingerprint density at radius 1 is 0.588 bits per heavy atom. The van der Waals surface area contributed by atoms with Crippen LogP contribution in [0.2, 0.25) is 0 Å². The van der Waals surface area contributed by atoms with E-state index in [1.807, 2.05) is 32.9 Å². The first-order valence-corrected chi connectivity index (χ1v) is 19.0. The van der Waals surface area contributed by atoms with Crippen molar-refractivity contribution in [3.8, 4) is 0 Å². The molecule has 0 bridgehead atoms. The van der Waals surface area contributed by atoms with E-state index < -0.39 is 5.60 Å². The fourth-order valence-electron chi connectivity index (χ4n) is 4.82. The summed E-state index contributed by atoms with van der Waals surface area (Å²) in [5, 5.41) is 11.4. The summed E-state index contributed by atoms with van der Waals surface area (Å²) >= 11 is 0. The molecule has 51 heavy (non-hydrogen) atoms. The number of carbonyl (C=O) groups excluding carboxylic acids is 4. The topological polar surface area (TPSA) is 153 Å². The van der Waals surface area contributed by atoms with Crippen molar-refractivity contribution in [2.75, 3.05) is 65.8 Å². The molecule has 0 saturated heterocycles. The van der Waals surface area contributed by atoms with Crippen molar-refractivity contribution in [1.29, 1.82) is 0 Å². The Balaban J connectivity index is 1.96. The van der Waals surface area contributed by atoms with E-state index in [1.54, 1.807) is 0 Å². The van der Waals surface area contributed by atoms with Crippen molar-refractivity contribution < 1.29 is 38.1 Å². The summed E-state index contributed by atoms with van der Waals surface area (Å²) in [5.74, 6) is 0.439. The van der Waals surface area contributed by atoms with Gasteiger partial charge in [-0.2, -0.15) is 0 Å². The highest BCUT2D eigenvalue weighted by molar-refractivity contribution is 5.78. The van der Waals surface area contributed by atoms with E-state index in [-0.39, 0.29) is 30.2 Å². The molecule has 0 heterocycles. The normalized spacial score (nSPS) is 11.3. The summed E-state index contributed by atoms with van der Waals surface area (Å²) in [6, 6.07) is 7.92. The number of amides is 4. The zero-order valence-electron chi connectivity index (χ0n) is 32.2. The number of benzene rings is 1. The second kappa shape index (κ2) is 29.4. The molecule has 0 unspecified atom stereocenters. The molecule has 0 aromatic heterocycles. The van der Waals surface area contributed by atoms with E-state index in [1.165, 1.54) is 5.56 Å². The average molecular weight is 721 g/mol. The van der Waals surface area contributed by atoms with Crippen LogP contribution in [0.25, 0.3) is 0 Å².